The van der Waals surface area contributed by atoms with Gasteiger partial charge >= 0.3 is 5.69 Å². The van der Waals surface area contributed by atoms with Crippen molar-refractivity contribution < 1.29 is 14.6 Å². The maximum absolute atomic E-state index is 12.6. The number of ether oxygens (including phenoxy) is 2. The number of anilines is 1. The van der Waals surface area contributed by atoms with Crippen molar-refractivity contribution in [3.8, 4) is 11.5 Å². The lowest BCUT2D eigenvalue weighted by atomic mass is 10.2. The van der Waals surface area contributed by atoms with Crippen molar-refractivity contribution in [1.29, 1.82) is 0 Å². The van der Waals surface area contributed by atoms with Crippen LogP contribution in [0.15, 0.2) is 32.9 Å². The van der Waals surface area contributed by atoms with Crippen LogP contribution in [0.2, 0.25) is 0 Å². The molecule has 29 heavy (non-hydrogen) atoms. The third-order valence-electron chi connectivity index (χ3n) is 4.48. The molecule has 1 aromatic carbocycles. The van der Waals surface area contributed by atoms with Gasteiger partial charge in [-0.15, -0.1) is 0 Å². The summed E-state index contributed by atoms with van der Waals surface area (Å²) in [5.41, 5.74) is 2.86. The van der Waals surface area contributed by atoms with Crippen LogP contribution >= 0.6 is 0 Å². The second kappa shape index (κ2) is 8.19. The average Bonchev–Trinajstić information content (AvgIpc) is 3.09. The van der Waals surface area contributed by atoms with Crippen molar-refractivity contribution in [3.63, 3.8) is 0 Å². The third kappa shape index (κ3) is 3.59. The molecular weight excluding hydrogens is 380 g/mol. The van der Waals surface area contributed by atoms with Gasteiger partial charge in [0.1, 0.15) is 11.5 Å². The maximum Gasteiger partial charge on any atom is 0.332 e. The molecule has 0 unspecified atom stereocenters. The lowest BCUT2D eigenvalue weighted by Gasteiger charge is -2.08. The Kier molecular flexibility index (Phi) is 5.69. The zero-order valence-corrected chi connectivity index (χ0v) is 16.5. The molecule has 11 heteroatoms. The molecule has 0 fully saturated rings. The van der Waals surface area contributed by atoms with Crippen molar-refractivity contribution in [2.24, 2.45) is 19.2 Å². The van der Waals surface area contributed by atoms with Crippen molar-refractivity contribution >= 4 is 23.3 Å². The molecule has 0 saturated heterocycles. The summed E-state index contributed by atoms with van der Waals surface area (Å²) in [7, 11) is 6.01. The SMILES string of the molecule is COc1ccc(C=NNc2nc3c(c(=O)n(C)c(=O)n3C)n2CCO)c(OC)c1. The molecule has 154 valence electrons. The number of imidazole rings is 1. The molecule has 11 nitrogen and oxygen atoms in total. The van der Waals surface area contributed by atoms with Crippen LogP contribution in [0.4, 0.5) is 5.95 Å². The van der Waals surface area contributed by atoms with Gasteiger partial charge in [-0.3, -0.25) is 13.9 Å². The highest BCUT2D eigenvalue weighted by Crippen LogP contribution is 2.23. The van der Waals surface area contributed by atoms with E-state index < -0.39 is 11.2 Å². The Bertz CT molecular complexity index is 1190. The number of methoxy groups -OCH3 is 2. The summed E-state index contributed by atoms with van der Waals surface area (Å²) in [4.78, 5) is 29.0. The average molecular weight is 402 g/mol. The van der Waals surface area contributed by atoms with Crippen LogP contribution in [0.5, 0.6) is 11.5 Å². The van der Waals surface area contributed by atoms with Gasteiger partial charge < -0.3 is 19.1 Å². The molecule has 0 amide bonds. The van der Waals surface area contributed by atoms with Crippen LogP contribution in [0.1, 0.15) is 5.56 Å². The second-order valence-electron chi connectivity index (χ2n) is 6.17. The first kappa shape index (κ1) is 20.1. The van der Waals surface area contributed by atoms with E-state index in [9.17, 15) is 14.7 Å². The third-order valence-corrected chi connectivity index (χ3v) is 4.48. The van der Waals surface area contributed by atoms with Gasteiger partial charge in [-0.25, -0.2) is 10.2 Å². The number of aromatic nitrogens is 4. The Morgan fingerprint density at radius 3 is 2.62 bits per heavy atom. The first-order valence-electron chi connectivity index (χ1n) is 8.71. The largest absolute Gasteiger partial charge is 0.497 e. The van der Waals surface area contributed by atoms with Crippen molar-refractivity contribution in [3.05, 3.63) is 44.6 Å². The summed E-state index contributed by atoms with van der Waals surface area (Å²) in [5, 5.41) is 13.6. The number of hydrogen-bond donors (Lipinski definition) is 2. The highest BCUT2D eigenvalue weighted by Gasteiger charge is 2.18. The van der Waals surface area contributed by atoms with E-state index in [-0.39, 0.29) is 30.3 Å². The molecule has 0 atom stereocenters. The zero-order chi connectivity index (χ0) is 21.1. The van der Waals surface area contributed by atoms with E-state index >= 15 is 0 Å². The number of hydrazone groups is 1. The summed E-state index contributed by atoms with van der Waals surface area (Å²) in [6.07, 6.45) is 1.53. The number of fused-ring (bicyclic) bond motifs is 1. The number of benzene rings is 1. The van der Waals surface area contributed by atoms with Crippen LogP contribution in [0.25, 0.3) is 11.2 Å². The topological polar surface area (TPSA) is 125 Å². The molecular formula is C18H22N6O5. The summed E-state index contributed by atoms with van der Waals surface area (Å²) >= 11 is 0. The second-order valence-corrected chi connectivity index (χ2v) is 6.17. The molecule has 3 aromatic rings. The lowest BCUT2D eigenvalue weighted by Crippen LogP contribution is -2.37. The minimum atomic E-state index is -0.502. The van der Waals surface area contributed by atoms with E-state index in [2.05, 4.69) is 15.5 Å². The van der Waals surface area contributed by atoms with Gasteiger partial charge in [0.2, 0.25) is 5.95 Å². The van der Waals surface area contributed by atoms with Gasteiger partial charge in [-0.1, -0.05) is 0 Å². The number of aliphatic hydroxyl groups is 1. The number of nitrogens with zero attached hydrogens (tertiary/aromatic N) is 5. The van der Waals surface area contributed by atoms with Crippen LogP contribution < -0.4 is 26.1 Å². The van der Waals surface area contributed by atoms with E-state index in [1.165, 1.54) is 36.6 Å². The predicted octanol–water partition coefficient (Wildman–Crippen LogP) is -0.111. The highest BCUT2D eigenvalue weighted by atomic mass is 16.5. The Balaban J connectivity index is 2.03. The minimum Gasteiger partial charge on any atom is -0.497 e. The number of hydrogen-bond acceptors (Lipinski definition) is 8. The summed E-state index contributed by atoms with van der Waals surface area (Å²) < 4.78 is 14.2. The molecule has 2 heterocycles. The van der Waals surface area contributed by atoms with Crippen molar-refractivity contribution in [2.45, 2.75) is 6.54 Å². The quantitative estimate of drug-likeness (QED) is 0.417. The van der Waals surface area contributed by atoms with Gasteiger partial charge in [0.05, 0.1) is 27.0 Å². The normalized spacial score (nSPS) is 11.3. The molecule has 0 bridgehead atoms. The molecule has 2 aromatic heterocycles. The van der Waals surface area contributed by atoms with Crippen molar-refractivity contribution in [1.82, 2.24) is 18.7 Å². The fourth-order valence-corrected chi connectivity index (χ4v) is 2.93. The Morgan fingerprint density at radius 1 is 1.21 bits per heavy atom. The van der Waals surface area contributed by atoms with E-state index in [1.807, 2.05) is 0 Å². The van der Waals surface area contributed by atoms with Gasteiger partial charge in [0, 0.05) is 32.3 Å². The van der Waals surface area contributed by atoms with Crippen LogP contribution in [-0.4, -0.2) is 50.8 Å². The van der Waals surface area contributed by atoms with Crippen molar-refractivity contribution in [2.75, 3.05) is 26.3 Å². The van der Waals surface area contributed by atoms with E-state index in [0.717, 1.165) is 4.57 Å². The van der Waals surface area contributed by atoms with Gasteiger partial charge in [-0.05, 0) is 12.1 Å². The minimum absolute atomic E-state index is 0.105. The van der Waals surface area contributed by atoms with Gasteiger partial charge in [-0.2, -0.15) is 10.1 Å². The lowest BCUT2D eigenvalue weighted by molar-refractivity contribution is 0.278. The van der Waals surface area contributed by atoms with Gasteiger partial charge in [0.25, 0.3) is 5.56 Å². The van der Waals surface area contributed by atoms with Crippen LogP contribution in [0.3, 0.4) is 0 Å². The fourth-order valence-electron chi connectivity index (χ4n) is 2.93. The number of rotatable bonds is 7. The zero-order valence-electron chi connectivity index (χ0n) is 16.5. The van der Waals surface area contributed by atoms with Gasteiger partial charge in [0.15, 0.2) is 11.2 Å². The van der Waals surface area contributed by atoms with Crippen LogP contribution in [0, 0.1) is 0 Å². The van der Waals surface area contributed by atoms with E-state index in [0.29, 0.717) is 17.1 Å². The Morgan fingerprint density at radius 2 is 1.97 bits per heavy atom. The molecule has 0 radical (unpaired) electrons. The Hall–Kier alpha value is -3.60. The predicted molar refractivity (Wildman–Crippen MR) is 108 cm³/mol. The molecule has 0 aliphatic heterocycles. The number of aliphatic hydroxyl groups excluding tert-OH is 1. The summed E-state index contributed by atoms with van der Waals surface area (Å²) in [6, 6.07) is 5.27. The van der Waals surface area contributed by atoms with Crippen LogP contribution in [-0.2, 0) is 20.6 Å². The smallest absolute Gasteiger partial charge is 0.332 e. The molecule has 0 saturated carbocycles. The number of aryl methyl sites for hydroxylation is 1. The summed E-state index contributed by atoms with van der Waals surface area (Å²) in [5.74, 6) is 1.43. The summed E-state index contributed by atoms with van der Waals surface area (Å²) in [6.45, 7) is -0.115. The molecule has 2 N–H and O–H groups in total. The monoisotopic (exact) mass is 402 g/mol. The first-order chi connectivity index (χ1) is 13.9. The standard InChI is InChI=1S/C18H22N6O5/c1-22-15-14(16(26)23(2)18(22)27)24(7-8-25)17(20-15)21-19-10-11-5-6-12(28-3)9-13(11)29-4/h5-6,9-10,25H,7-8H2,1-4H3,(H,20,21). The molecule has 0 aliphatic carbocycles. The Labute approximate surface area is 165 Å². The highest BCUT2D eigenvalue weighted by molar-refractivity contribution is 5.84. The maximum atomic E-state index is 12.6. The van der Waals surface area contributed by atoms with E-state index in [4.69, 9.17) is 9.47 Å². The molecule has 0 spiro atoms. The van der Waals surface area contributed by atoms with E-state index in [1.54, 1.807) is 25.3 Å². The molecule has 0 aliphatic rings. The first-order valence-corrected chi connectivity index (χ1v) is 8.71. The fraction of sp³-hybridized carbons (Fsp3) is 0.333. The number of nitrogens with one attached hydrogen (secondary N) is 1. The molecule has 3 rings (SSSR count).